The van der Waals surface area contributed by atoms with Gasteiger partial charge in [-0.2, -0.15) is 0 Å². The van der Waals surface area contributed by atoms with Crippen LogP contribution in [0.15, 0.2) is 60.7 Å². The van der Waals surface area contributed by atoms with E-state index in [-0.39, 0.29) is 5.30 Å². The van der Waals surface area contributed by atoms with Crippen molar-refractivity contribution in [3.05, 3.63) is 60.7 Å². The maximum Gasteiger partial charge on any atom is 0.315 e. The molecule has 2 aromatic carbocycles. The molecule has 4 nitrogen and oxygen atoms in total. The molecule has 2 aromatic rings. The van der Waals surface area contributed by atoms with Crippen LogP contribution in [0.2, 0.25) is 0 Å². The Bertz CT molecular complexity index is 584. The van der Waals surface area contributed by atoms with Gasteiger partial charge in [-0.1, -0.05) is 36.4 Å². The first-order chi connectivity index (χ1) is 8.60. The topological polar surface area (TPSA) is 66.4 Å². The van der Waals surface area contributed by atoms with Crippen molar-refractivity contribution < 1.29 is 14.3 Å². The second-order valence-corrected chi connectivity index (χ2v) is 5.78. The summed E-state index contributed by atoms with van der Waals surface area (Å²) in [5.41, 5.74) is -0.396. The number of nitrogens with one attached hydrogen (secondary N) is 1. The normalized spacial score (nSPS) is 13.6. The molecule has 0 saturated heterocycles. The van der Waals surface area contributed by atoms with Gasteiger partial charge in [-0.3, -0.25) is 9.36 Å². The minimum Gasteiger partial charge on any atom is -0.335 e. The van der Waals surface area contributed by atoms with Gasteiger partial charge in [0.2, 0.25) is 0 Å². The third kappa shape index (κ3) is 2.67. The van der Waals surface area contributed by atoms with Crippen molar-refractivity contribution in [2.75, 3.05) is 5.32 Å². The number of carbonyl (C=O) groups is 1. The van der Waals surface area contributed by atoms with Gasteiger partial charge >= 0.3 is 13.0 Å². The van der Waals surface area contributed by atoms with Crippen LogP contribution in [0.1, 0.15) is 0 Å². The number of hydrogen-bond acceptors (Lipinski definition) is 2. The standard InChI is InChI=1S/C13H12NO3P/c15-13(14-11-7-3-1-4-8-11)18(16,17)12-9-5-2-6-10-12/h1-10H,(H,14,15)(H,16,17). The second-order valence-electron chi connectivity index (χ2n) is 3.71. The summed E-state index contributed by atoms with van der Waals surface area (Å²) in [4.78, 5) is 21.7. The van der Waals surface area contributed by atoms with Gasteiger partial charge < -0.3 is 10.2 Å². The molecule has 1 amide bonds. The molecule has 0 aliphatic heterocycles. The van der Waals surface area contributed by atoms with Crippen molar-refractivity contribution >= 4 is 24.0 Å². The lowest BCUT2D eigenvalue weighted by molar-refractivity contribution is 0.265. The van der Waals surface area contributed by atoms with E-state index in [1.165, 1.54) is 12.1 Å². The molecule has 0 saturated carbocycles. The molecule has 5 heteroatoms. The van der Waals surface area contributed by atoms with Crippen LogP contribution < -0.4 is 10.6 Å². The van der Waals surface area contributed by atoms with E-state index in [1.807, 2.05) is 0 Å². The molecule has 18 heavy (non-hydrogen) atoms. The third-order valence-electron chi connectivity index (χ3n) is 2.41. The molecule has 0 bridgehead atoms. The smallest absolute Gasteiger partial charge is 0.315 e. The summed E-state index contributed by atoms with van der Waals surface area (Å²) in [5, 5.41) is 2.55. The molecule has 1 unspecified atom stereocenters. The maximum absolute atomic E-state index is 12.1. The van der Waals surface area contributed by atoms with Gasteiger partial charge in [0.15, 0.2) is 0 Å². The summed E-state index contributed by atoms with van der Waals surface area (Å²) < 4.78 is 12.1. The molecule has 0 spiro atoms. The quantitative estimate of drug-likeness (QED) is 0.835. The van der Waals surface area contributed by atoms with Crippen LogP contribution in [0.25, 0.3) is 0 Å². The van der Waals surface area contributed by atoms with E-state index in [4.69, 9.17) is 0 Å². The van der Waals surface area contributed by atoms with Gasteiger partial charge in [-0.15, -0.1) is 0 Å². The van der Waals surface area contributed by atoms with E-state index in [1.54, 1.807) is 48.5 Å². The minimum atomic E-state index is -4.05. The monoisotopic (exact) mass is 261 g/mol. The first-order valence-corrected chi connectivity index (χ1v) is 7.01. The average Bonchev–Trinajstić information content (AvgIpc) is 2.41. The highest BCUT2D eigenvalue weighted by atomic mass is 31.2. The van der Waals surface area contributed by atoms with Crippen molar-refractivity contribution in [1.82, 2.24) is 0 Å². The van der Waals surface area contributed by atoms with Crippen LogP contribution in [-0.2, 0) is 4.57 Å². The molecular weight excluding hydrogens is 249 g/mol. The fraction of sp³-hybridized carbons (Fsp3) is 0. The summed E-state index contributed by atoms with van der Waals surface area (Å²) in [5.74, 6) is 0. The molecule has 0 aliphatic rings. The van der Waals surface area contributed by atoms with Crippen LogP contribution >= 0.6 is 7.37 Å². The van der Waals surface area contributed by atoms with E-state index in [0.717, 1.165) is 0 Å². The van der Waals surface area contributed by atoms with Crippen molar-refractivity contribution in [3.63, 3.8) is 0 Å². The highest BCUT2D eigenvalue weighted by Crippen LogP contribution is 2.40. The van der Waals surface area contributed by atoms with Gasteiger partial charge in [-0.05, 0) is 24.3 Å². The number of carbonyl (C=O) groups excluding carboxylic acids is 1. The third-order valence-corrected chi connectivity index (χ3v) is 4.07. The van der Waals surface area contributed by atoms with Crippen molar-refractivity contribution in [1.29, 1.82) is 0 Å². The van der Waals surface area contributed by atoms with Crippen molar-refractivity contribution in [3.8, 4) is 0 Å². The van der Waals surface area contributed by atoms with Crippen LogP contribution in [0, 0.1) is 0 Å². The Morgan fingerprint density at radius 1 is 0.944 bits per heavy atom. The minimum absolute atomic E-state index is 0.124. The molecule has 1 atom stereocenters. The van der Waals surface area contributed by atoms with Gasteiger partial charge in [0.25, 0.3) is 0 Å². The molecule has 0 heterocycles. The SMILES string of the molecule is O=C(Nc1ccccc1)P(=O)(O)c1ccccc1. The Hall–Kier alpha value is -1.90. The van der Waals surface area contributed by atoms with E-state index in [0.29, 0.717) is 5.69 Å². The lowest BCUT2D eigenvalue weighted by atomic mass is 10.3. The molecule has 0 radical (unpaired) electrons. The lowest BCUT2D eigenvalue weighted by Crippen LogP contribution is -2.17. The van der Waals surface area contributed by atoms with Gasteiger partial charge in [0.1, 0.15) is 0 Å². The molecule has 0 aliphatic carbocycles. The van der Waals surface area contributed by atoms with Crippen LogP contribution in [0.5, 0.6) is 0 Å². The number of rotatable bonds is 3. The fourth-order valence-corrected chi connectivity index (χ4v) is 2.56. The highest BCUT2D eigenvalue weighted by molar-refractivity contribution is 7.82. The van der Waals surface area contributed by atoms with E-state index in [9.17, 15) is 14.3 Å². The van der Waals surface area contributed by atoms with Crippen LogP contribution in [-0.4, -0.2) is 10.5 Å². The number of para-hydroxylation sites is 1. The molecule has 2 rings (SSSR count). The molecule has 0 fully saturated rings. The zero-order valence-corrected chi connectivity index (χ0v) is 10.4. The zero-order chi connectivity index (χ0) is 13.0. The van der Waals surface area contributed by atoms with E-state index < -0.39 is 13.0 Å². The zero-order valence-electron chi connectivity index (χ0n) is 9.48. The van der Waals surface area contributed by atoms with E-state index in [2.05, 4.69) is 5.32 Å². The Morgan fingerprint density at radius 3 is 2.00 bits per heavy atom. The number of anilines is 1. The van der Waals surface area contributed by atoms with Crippen LogP contribution in [0.3, 0.4) is 0 Å². The average molecular weight is 261 g/mol. The molecule has 2 N–H and O–H groups in total. The summed E-state index contributed by atoms with van der Waals surface area (Å²) >= 11 is 0. The van der Waals surface area contributed by atoms with Gasteiger partial charge in [0.05, 0.1) is 0 Å². The summed E-state index contributed by atoms with van der Waals surface area (Å²) in [6.07, 6.45) is 0. The second kappa shape index (κ2) is 5.17. The fourth-order valence-electron chi connectivity index (χ4n) is 1.47. The van der Waals surface area contributed by atoms with Gasteiger partial charge in [0, 0.05) is 11.0 Å². The predicted octanol–water partition coefficient (Wildman–Crippen LogP) is 2.81. The molecular formula is C13H12NO3P. The Kier molecular flexibility index (Phi) is 3.60. The Morgan fingerprint density at radius 2 is 1.44 bits per heavy atom. The summed E-state index contributed by atoms with van der Waals surface area (Å²) in [7, 11) is -4.05. The molecule has 0 aromatic heterocycles. The maximum atomic E-state index is 12.1. The lowest BCUT2D eigenvalue weighted by Gasteiger charge is -2.11. The highest BCUT2D eigenvalue weighted by Gasteiger charge is 2.31. The van der Waals surface area contributed by atoms with Crippen molar-refractivity contribution in [2.24, 2.45) is 0 Å². The van der Waals surface area contributed by atoms with E-state index >= 15 is 0 Å². The number of amides is 1. The summed E-state index contributed by atoms with van der Waals surface area (Å²) in [6, 6.07) is 16.5. The Balaban J connectivity index is 2.21. The summed E-state index contributed by atoms with van der Waals surface area (Å²) in [6.45, 7) is 0. The Labute approximate surface area is 105 Å². The van der Waals surface area contributed by atoms with Gasteiger partial charge in [-0.25, -0.2) is 0 Å². The number of hydrogen-bond donors (Lipinski definition) is 2. The molecule has 92 valence electrons. The number of benzene rings is 2. The first-order valence-electron chi connectivity index (χ1n) is 5.36. The first kappa shape index (κ1) is 12.6. The predicted molar refractivity (Wildman–Crippen MR) is 71.4 cm³/mol. The van der Waals surface area contributed by atoms with Crippen molar-refractivity contribution in [2.45, 2.75) is 0 Å². The van der Waals surface area contributed by atoms with Crippen LogP contribution in [0.4, 0.5) is 10.5 Å². The largest absolute Gasteiger partial charge is 0.335 e.